The molecule has 0 bridgehead atoms. The molecule has 0 saturated heterocycles. The number of carbonyl (C=O) groups is 1. The van der Waals surface area contributed by atoms with Crippen LogP contribution in [-0.4, -0.2) is 14.7 Å². The Labute approximate surface area is 79.5 Å². The highest BCUT2D eigenvalue weighted by atomic mass is 32.2. The summed E-state index contributed by atoms with van der Waals surface area (Å²) in [5.41, 5.74) is 5.91. The van der Waals surface area contributed by atoms with E-state index in [9.17, 15) is 4.79 Å². The molecule has 3 nitrogen and oxygen atoms in total. The molecule has 0 unspecified atom stereocenters. The van der Waals surface area contributed by atoms with Gasteiger partial charge in [-0.05, 0) is 11.5 Å². The van der Waals surface area contributed by atoms with Gasteiger partial charge in [0.05, 0.1) is 0 Å². The Hall–Kier alpha value is -0.550. The van der Waals surface area contributed by atoms with E-state index in [1.807, 2.05) is 13.8 Å². The van der Waals surface area contributed by atoms with E-state index < -0.39 is 0 Å². The Bertz CT molecular complexity index is 283. The van der Waals surface area contributed by atoms with E-state index in [1.54, 1.807) is 6.07 Å². The highest BCUT2D eigenvalue weighted by Crippen LogP contribution is 2.20. The van der Waals surface area contributed by atoms with Crippen LogP contribution in [0, 0.1) is 0 Å². The van der Waals surface area contributed by atoms with Crippen molar-refractivity contribution in [3.8, 4) is 0 Å². The largest absolute Gasteiger partial charge is 0.389 e. The van der Waals surface area contributed by atoms with Crippen molar-refractivity contribution in [2.24, 2.45) is 0 Å². The van der Waals surface area contributed by atoms with Gasteiger partial charge in [0.2, 0.25) is 5.12 Å². The molecular formula is C7H10N2OS2. The molecule has 0 radical (unpaired) electrons. The monoisotopic (exact) mass is 202 g/mol. The highest BCUT2D eigenvalue weighted by Gasteiger charge is 2.11. The van der Waals surface area contributed by atoms with Gasteiger partial charge in [-0.25, -0.2) is 0 Å². The number of nitrogens with two attached hydrogens (primary N) is 1. The molecular weight excluding hydrogens is 192 g/mol. The van der Waals surface area contributed by atoms with E-state index in [-0.39, 0.29) is 5.12 Å². The van der Waals surface area contributed by atoms with Crippen LogP contribution in [-0.2, 0) is 0 Å². The maximum atomic E-state index is 11.3. The molecule has 0 saturated carbocycles. The number of nitrogens with zero attached hydrogens (tertiary/aromatic N) is 1. The van der Waals surface area contributed by atoms with E-state index >= 15 is 0 Å². The zero-order valence-corrected chi connectivity index (χ0v) is 8.54. The van der Waals surface area contributed by atoms with Gasteiger partial charge in [-0.3, -0.25) is 4.79 Å². The topological polar surface area (TPSA) is 56.0 Å². The second-order valence-electron chi connectivity index (χ2n) is 2.57. The third-order valence-electron chi connectivity index (χ3n) is 1.08. The molecule has 1 aromatic heterocycles. The lowest BCUT2D eigenvalue weighted by atomic mass is 10.5. The van der Waals surface area contributed by atoms with Crippen LogP contribution >= 0.6 is 23.3 Å². The molecule has 5 heteroatoms. The molecule has 0 amide bonds. The maximum absolute atomic E-state index is 11.3. The zero-order valence-electron chi connectivity index (χ0n) is 6.90. The summed E-state index contributed by atoms with van der Waals surface area (Å²) in [5, 5.41) is 0.876. The molecule has 2 N–H and O–H groups in total. The summed E-state index contributed by atoms with van der Waals surface area (Å²) in [6.45, 7) is 3.94. The first-order chi connectivity index (χ1) is 5.59. The Balaban J connectivity index is 2.65. The van der Waals surface area contributed by atoms with Gasteiger partial charge >= 0.3 is 0 Å². The first-order valence-electron chi connectivity index (χ1n) is 3.52. The number of thioether (sulfide) groups is 1. The number of nitrogen functional groups attached to an aromatic ring is 1. The van der Waals surface area contributed by atoms with Crippen molar-refractivity contribution in [2.45, 2.75) is 19.1 Å². The fourth-order valence-electron chi connectivity index (χ4n) is 0.660. The van der Waals surface area contributed by atoms with Crippen molar-refractivity contribution < 1.29 is 4.79 Å². The summed E-state index contributed by atoms with van der Waals surface area (Å²) in [4.78, 5) is 11.3. The molecule has 0 spiro atoms. The molecule has 1 aromatic rings. The molecule has 0 aliphatic heterocycles. The fraction of sp³-hybridized carbons (Fsp3) is 0.429. The van der Waals surface area contributed by atoms with Crippen molar-refractivity contribution in [2.75, 3.05) is 5.73 Å². The lowest BCUT2D eigenvalue weighted by Gasteiger charge is -1.98. The summed E-state index contributed by atoms with van der Waals surface area (Å²) in [6, 6.07) is 1.61. The minimum absolute atomic E-state index is 0.00190. The average Bonchev–Trinajstić information content (AvgIpc) is 2.34. The standard InChI is InChI=1S/C7H10N2OS2/c1-4(2)11-7(10)5-3-6(8)12-9-5/h3-4H,8H2,1-2H3. The van der Waals surface area contributed by atoms with Crippen LogP contribution in [0.5, 0.6) is 0 Å². The minimum Gasteiger partial charge on any atom is -0.389 e. The van der Waals surface area contributed by atoms with E-state index in [4.69, 9.17) is 5.73 Å². The Morgan fingerprint density at radius 2 is 2.42 bits per heavy atom. The molecule has 1 rings (SSSR count). The predicted molar refractivity (Wildman–Crippen MR) is 53.6 cm³/mol. The van der Waals surface area contributed by atoms with Crippen LogP contribution in [0.3, 0.4) is 0 Å². The van der Waals surface area contributed by atoms with Crippen LogP contribution in [0.4, 0.5) is 5.00 Å². The van der Waals surface area contributed by atoms with E-state index in [0.717, 1.165) is 11.5 Å². The predicted octanol–water partition coefficient (Wildman–Crippen LogP) is 2.01. The number of carbonyl (C=O) groups excluding carboxylic acids is 1. The highest BCUT2D eigenvalue weighted by molar-refractivity contribution is 8.14. The normalized spacial score (nSPS) is 10.6. The lowest BCUT2D eigenvalue weighted by Crippen LogP contribution is -1.98. The van der Waals surface area contributed by atoms with Gasteiger partial charge in [0, 0.05) is 11.3 Å². The third kappa shape index (κ3) is 2.49. The zero-order chi connectivity index (χ0) is 9.14. The molecule has 66 valence electrons. The first kappa shape index (κ1) is 9.54. The molecule has 0 aliphatic carbocycles. The smallest absolute Gasteiger partial charge is 0.239 e. The summed E-state index contributed by atoms with van der Waals surface area (Å²) in [7, 11) is 0. The van der Waals surface area contributed by atoms with Crippen molar-refractivity contribution >= 4 is 33.4 Å². The molecule has 0 aliphatic rings. The third-order valence-corrected chi connectivity index (χ3v) is 2.59. The summed E-state index contributed by atoms with van der Waals surface area (Å²) >= 11 is 2.42. The second kappa shape index (κ2) is 3.91. The Morgan fingerprint density at radius 1 is 1.75 bits per heavy atom. The van der Waals surface area contributed by atoms with E-state index in [1.165, 1.54) is 11.8 Å². The molecule has 12 heavy (non-hydrogen) atoms. The van der Waals surface area contributed by atoms with Gasteiger partial charge < -0.3 is 5.73 Å². The Morgan fingerprint density at radius 3 is 2.83 bits per heavy atom. The van der Waals surface area contributed by atoms with Crippen LogP contribution in [0.2, 0.25) is 0 Å². The van der Waals surface area contributed by atoms with E-state index in [2.05, 4.69) is 4.37 Å². The quantitative estimate of drug-likeness (QED) is 0.797. The van der Waals surface area contributed by atoms with Crippen molar-refractivity contribution in [3.63, 3.8) is 0 Å². The number of hydrogen-bond donors (Lipinski definition) is 1. The number of anilines is 1. The van der Waals surface area contributed by atoms with Gasteiger partial charge in [-0.2, -0.15) is 4.37 Å². The molecule has 0 aromatic carbocycles. The number of hydrogen-bond acceptors (Lipinski definition) is 5. The fourth-order valence-corrected chi connectivity index (χ4v) is 1.87. The van der Waals surface area contributed by atoms with Crippen LogP contribution < -0.4 is 5.73 Å². The summed E-state index contributed by atoms with van der Waals surface area (Å²) in [5.74, 6) is 0. The van der Waals surface area contributed by atoms with Gasteiger partial charge in [-0.1, -0.05) is 25.6 Å². The molecule has 1 heterocycles. The molecule has 0 fully saturated rings. The van der Waals surface area contributed by atoms with Gasteiger partial charge in [0.1, 0.15) is 10.7 Å². The van der Waals surface area contributed by atoms with Crippen LogP contribution in [0.25, 0.3) is 0 Å². The maximum Gasteiger partial charge on any atom is 0.239 e. The van der Waals surface area contributed by atoms with E-state index in [0.29, 0.717) is 15.9 Å². The van der Waals surface area contributed by atoms with Gasteiger partial charge in [0.15, 0.2) is 0 Å². The number of rotatable bonds is 2. The molecule has 0 atom stereocenters. The first-order valence-corrected chi connectivity index (χ1v) is 5.18. The minimum atomic E-state index is -0.00190. The van der Waals surface area contributed by atoms with Crippen molar-refractivity contribution in [1.29, 1.82) is 0 Å². The Kier molecular flexibility index (Phi) is 3.11. The number of aromatic nitrogens is 1. The SMILES string of the molecule is CC(C)SC(=O)c1cc(N)sn1. The average molecular weight is 202 g/mol. The summed E-state index contributed by atoms with van der Waals surface area (Å²) < 4.78 is 3.92. The van der Waals surface area contributed by atoms with Crippen LogP contribution in [0.1, 0.15) is 24.3 Å². The van der Waals surface area contributed by atoms with Crippen LogP contribution in [0.15, 0.2) is 6.07 Å². The van der Waals surface area contributed by atoms with Gasteiger partial charge in [-0.15, -0.1) is 0 Å². The van der Waals surface area contributed by atoms with Crippen molar-refractivity contribution in [1.82, 2.24) is 4.37 Å². The van der Waals surface area contributed by atoms with Gasteiger partial charge in [0.25, 0.3) is 0 Å². The summed E-state index contributed by atoms with van der Waals surface area (Å²) in [6.07, 6.45) is 0. The second-order valence-corrected chi connectivity index (χ2v) is 4.95. The lowest BCUT2D eigenvalue weighted by molar-refractivity contribution is 0.108. The van der Waals surface area contributed by atoms with Crippen molar-refractivity contribution in [3.05, 3.63) is 11.8 Å².